The second-order valence-electron chi connectivity index (χ2n) is 17.8. The average Bonchev–Trinajstić information content (AvgIpc) is 3.25. The molecule has 0 radical (unpaired) electrons. The zero-order valence-corrected chi connectivity index (χ0v) is 32.9. The molecular weight excluding hydrogens is 763 g/mol. The first-order valence-electron chi connectivity index (χ1n) is 21.4. The molecular formula is C47H43N5O8. The molecule has 3 fully saturated rings. The summed E-state index contributed by atoms with van der Waals surface area (Å²) in [5, 5.41) is 1.09. The van der Waals surface area contributed by atoms with Crippen molar-refractivity contribution in [3.05, 3.63) is 93.0 Å². The predicted molar refractivity (Wildman–Crippen MR) is 218 cm³/mol. The topological polar surface area (TPSA) is 198 Å². The lowest BCUT2D eigenvalue weighted by molar-refractivity contribution is 0.0241. The molecule has 7 aliphatic rings. The molecule has 13 nitrogen and oxygen atoms in total. The fourth-order valence-corrected chi connectivity index (χ4v) is 12.0. The van der Waals surface area contributed by atoms with Gasteiger partial charge in [0.05, 0.1) is 24.0 Å². The van der Waals surface area contributed by atoms with Crippen LogP contribution < -0.4 is 11.5 Å². The van der Waals surface area contributed by atoms with Gasteiger partial charge in [0.25, 0.3) is 35.4 Å². The summed E-state index contributed by atoms with van der Waals surface area (Å²) in [5.74, 6) is -5.42. The fraction of sp³-hybridized carbons (Fsp3) is 0.404. The molecule has 4 N–H and O–H groups in total. The minimum atomic E-state index is -0.922. The molecule has 3 saturated carbocycles. The number of hydrogen-bond acceptors (Lipinski definition) is 10. The van der Waals surface area contributed by atoms with Gasteiger partial charge in [-0.25, -0.2) is 0 Å². The van der Waals surface area contributed by atoms with Gasteiger partial charge in [-0.2, -0.15) is 0 Å². The maximum Gasteiger partial charge on any atom is 0.261 e. The number of ketones is 2. The zero-order valence-electron chi connectivity index (χ0n) is 32.9. The van der Waals surface area contributed by atoms with Gasteiger partial charge in [0.15, 0.2) is 11.6 Å². The van der Waals surface area contributed by atoms with E-state index in [1.54, 1.807) is 36.4 Å². The van der Waals surface area contributed by atoms with Crippen molar-refractivity contribution in [2.75, 3.05) is 0 Å². The summed E-state index contributed by atoms with van der Waals surface area (Å²) in [6.07, 6.45) is 8.21. The molecule has 6 atom stereocenters. The van der Waals surface area contributed by atoms with E-state index >= 15 is 0 Å². The van der Waals surface area contributed by atoms with Crippen LogP contribution in [0.4, 0.5) is 0 Å². The van der Waals surface area contributed by atoms with E-state index in [0.29, 0.717) is 61.5 Å². The van der Waals surface area contributed by atoms with Gasteiger partial charge in [0.2, 0.25) is 0 Å². The quantitative estimate of drug-likeness (QED) is 0.194. The molecule has 4 aromatic carbocycles. The Morgan fingerprint density at radius 2 is 0.633 bits per heavy atom. The Morgan fingerprint density at radius 3 is 1.00 bits per heavy atom. The molecule has 0 spiro atoms. The first-order chi connectivity index (χ1) is 29.0. The number of hydrogen-bond donors (Lipinski definition) is 2. The third-order valence-electron chi connectivity index (χ3n) is 14.9. The van der Waals surface area contributed by atoms with E-state index in [1.165, 1.54) is 17.0 Å². The highest BCUT2D eigenvalue weighted by atomic mass is 16.2. The fourth-order valence-electron chi connectivity index (χ4n) is 12.0. The van der Waals surface area contributed by atoms with E-state index in [9.17, 15) is 38.4 Å². The normalized spacial score (nSPS) is 28.1. The molecule has 4 aliphatic carbocycles. The third kappa shape index (κ3) is 4.87. The van der Waals surface area contributed by atoms with Crippen molar-refractivity contribution in [2.24, 2.45) is 23.3 Å². The Labute approximate surface area is 344 Å². The van der Waals surface area contributed by atoms with Crippen LogP contribution in [0.15, 0.2) is 48.5 Å². The Kier molecular flexibility index (Phi) is 8.22. The summed E-state index contributed by atoms with van der Waals surface area (Å²) in [5.41, 5.74) is 14.6. The number of carbonyl (C=O) groups is 8. The van der Waals surface area contributed by atoms with Gasteiger partial charge in [-0.3, -0.25) is 53.1 Å². The Bertz CT molecular complexity index is 2410. The van der Waals surface area contributed by atoms with E-state index in [2.05, 4.69) is 0 Å². The summed E-state index contributed by atoms with van der Waals surface area (Å²) in [6, 6.07) is 9.54. The van der Waals surface area contributed by atoms with Crippen LogP contribution in [-0.4, -0.2) is 91.9 Å². The van der Waals surface area contributed by atoms with Crippen molar-refractivity contribution in [1.29, 1.82) is 0 Å². The SMILES string of the molecule is NC1CCCC[C@H]1C1C(=O)c2ccc3c4c(ccc(c24)C1=O)C(=O)N(C1CCCC[C@H]1N1C(=O)c2ccc4c5c(ccc(c25)C1=O)C(=O)N(C1CCCC[C@H]1N)C4=O)C3=O. The van der Waals surface area contributed by atoms with Crippen LogP contribution in [0.1, 0.15) is 160 Å². The molecule has 0 saturated heterocycles. The van der Waals surface area contributed by atoms with Crippen molar-refractivity contribution in [1.82, 2.24) is 14.7 Å². The Morgan fingerprint density at radius 1 is 0.350 bits per heavy atom. The van der Waals surface area contributed by atoms with Crippen molar-refractivity contribution >= 4 is 68.6 Å². The number of Topliss-reactive ketones (excluding diaryl/α,β-unsaturated/α-hetero) is 2. The minimum Gasteiger partial charge on any atom is -0.327 e. The number of nitrogens with zero attached hydrogens (tertiary/aromatic N) is 3. The van der Waals surface area contributed by atoms with Crippen LogP contribution in [0.25, 0.3) is 21.5 Å². The maximum absolute atomic E-state index is 14.7. The first kappa shape index (κ1) is 37.1. The second-order valence-corrected chi connectivity index (χ2v) is 17.8. The molecule has 3 unspecified atom stereocenters. The smallest absolute Gasteiger partial charge is 0.261 e. The van der Waals surface area contributed by atoms with Crippen molar-refractivity contribution in [3.8, 4) is 0 Å². The van der Waals surface area contributed by atoms with Crippen LogP contribution in [-0.2, 0) is 0 Å². The molecule has 3 aliphatic heterocycles. The maximum atomic E-state index is 14.7. The molecule has 3 heterocycles. The molecule has 13 heteroatoms. The van der Waals surface area contributed by atoms with E-state index in [4.69, 9.17) is 11.5 Å². The van der Waals surface area contributed by atoms with Crippen LogP contribution in [0, 0.1) is 11.8 Å². The summed E-state index contributed by atoms with van der Waals surface area (Å²) in [6.45, 7) is 0. The molecule has 60 heavy (non-hydrogen) atoms. The number of imide groups is 3. The lowest BCUT2D eigenvalue weighted by atomic mass is 9.67. The van der Waals surface area contributed by atoms with Crippen LogP contribution in [0.3, 0.4) is 0 Å². The van der Waals surface area contributed by atoms with Crippen molar-refractivity contribution < 1.29 is 38.4 Å². The highest BCUT2D eigenvalue weighted by Crippen LogP contribution is 2.46. The van der Waals surface area contributed by atoms with Gasteiger partial charge in [-0.1, -0.05) is 38.5 Å². The molecule has 11 rings (SSSR count). The molecule has 0 bridgehead atoms. The first-order valence-corrected chi connectivity index (χ1v) is 21.4. The molecule has 0 aromatic heterocycles. The average molecular weight is 806 g/mol. The van der Waals surface area contributed by atoms with E-state index in [-0.39, 0.29) is 79.1 Å². The lowest BCUT2D eigenvalue weighted by Gasteiger charge is -2.45. The number of rotatable bonds is 4. The summed E-state index contributed by atoms with van der Waals surface area (Å²) in [4.78, 5) is 119. The van der Waals surface area contributed by atoms with Gasteiger partial charge < -0.3 is 11.5 Å². The van der Waals surface area contributed by atoms with E-state index in [0.717, 1.165) is 41.9 Å². The van der Waals surface area contributed by atoms with Crippen LogP contribution in [0.2, 0.25) is 0 Å². The van der Waals surface area contributed by atoms with Gasteiger partial charge in [-0.05, 0) is 93.0 Å². The van der Waals surface area contributed by atoms with Crippen LogP contribution >= 0.6 is 0 Å². The summed E-state index contributed by atoms with van der Waals surface area (Å²) < 4.78 is 0. The zero-order chi connectivity index (χ0) is 41.5. The summed E-state index contributed by atoms with van der Waals surface area (Å²) >= 11 is 0. The number of nitrogens with two attached hydrogens (primary N) is 2. The number of benzene rings is 4. The monoisotopic (exact) mass is 805 g/mol. The molecule has 4 aromatic rings. The highest BCUT2D eigenvalue weighted by Gasteiger charge is 2.51. The standard InChI is InChI=1S/C47H43N5O8/c48-30-8-2-1-7-21(30)39-40(53)22-13-15-24-36-25(16-14-23(35(22)36)41(39)54)45(58)51(44(24)57)33-11-5-6-12-34(33)52-46(59)28-19-17-26-37-27(18-20-29(38(28)37)47(52)60)43(56)50(42(26)55)32-10-4-3-9-31(32)49/h13-21,30-34,39H,1-12,48-49H2/t21-,30?,31-,32?,33?,34-/m1/s1. The largest absolute Gasteiger partial charge is 0.327 e. The number of amides is 6. The van der Waals surface area contributed by atoms with E-state index < -0.39 is 59.5 Å². The minimum absolute atomic E-state index is 0.153. The van der Waals surface area contributed by atoms with Crippen molar-refractivity contribution in [3.63, 3.8) is 0 Å². The Hall–Kier alpha value is -5.92. The van der Waals surface area contributed by atoms with Gasteiger partial charge in [0.1, 0.15) is 0 Å². The highest BCUT2D eigenvalue weighted by molar-refractivity contribution is 6.36. The predicted octanol–water partition coefficient (Wildman–Crippen LogP) is 5.58. The summed E-state index contributed by atoms with van der Waals surface area (Å²) in [7, 11) is 0. The lowest BCUT2D eigenvalue weighted by Crippen LogP contribution is -2.61. The van der Waals surface area contributed by atoms with E-state index in [1.807, 2.05) is 0 Å². The van der Waals surface area contributed by atoms with Crippen LogP contribution in [0.5, 0.6) is 0 Å². The van der Waals surface area contributed by atoms with Gasteiger partial charge in [0, 0.05) is 78.1 Å². The molecule has 304 valence electrons. The second kappa shape index (κ2) is 13.3. The number of carbonyl (C=O) groups excluding carboxylic acids is 8. The van der Waals surface area contributed by atoms with Crippen molar-refractivity contribution in [2.45, 2.75) is 107 Å². The van der Waals surface area contributed by atoms with Gasteiger partial charge >= 0.3 is 0 Å². The Balaban J connectivity index is 0.949. The van der Waals surface area contributed by atoms with Gasteiger partial charge in [-0.15, -0.1) is 0 Å². The third-order valence-corrected chi connectivity index (χ3v) is 14.9. The molecule has 6 amide bonds.